The summed E-state index contributed by atoms with van der Waals surface area (Å²) in [5, 5.41) is 1.05. The summed E-state index contributed by atoms with van der Waals surface area (Å²) in [6.45, 7) is 1.97. The zero-order valence-corrected chi connectivity index (χ0v) is 13.5. The predicted octanol–water partition coefficient (Wildman–Crippen LogP) is 4.55. The third kappa shape index (κ3) is 3.19. The van der Waals surface area contributed by atoms with Gasteiger partial charge in [-0.1, -0.05) is 42.5 Å². The molecule has 0 unspecified atom stereocenters. The van der Waals surface area contributed by atoms with Gasteiger partial charge in [-0.3, -0.25) is 9.78 Å². The molecule has 0 radical (unpaired) electrons. The molecule has 0 aliphatic heterocycles. The molecule has 3 aromatic rings. The average Bonchev–Trinajstić information content (AvgIpc) is 2.48. The number of benzene rings is 2. The highest BCUT2D eigenvalue weighted by Gasteiger charge is 2.11. The van der Waals surface area contributed by atoms with Gasteiger partial charge < -0.3 is 0 Å². The lowest BCUT2D eigenvalue weighted by Gasteiger charge is -2.07. The number of aromatic nitrogens is 1. The van der Waals surface area contributed by atoms with Crippen LogP contribution >= 0.6 is 17.0 Å². The van der Waals surface area contributed by atoms with E-state index in [0.717, 1.165) is 27.6 Å². The Morgan fingerprint density at radius 2 is 1.71 bits per heavy atom. The second-order valence-electron chi connectivity index (χ2n) is 4.90. The Hall–Kier alpha value is -2.00. The van der Waals surface area contributed by atoms with E-state index in [1.807, 2.05) is 61.5 Å². The maximum atomic E-state index is 12.5. The van der Waals surface area contributed by atoms with Gasteiger partial charge in [0.15, 0.2) is 5.78 Å². The molecule has 0 aliphatic carbocycles. The average molecular weight is 342 g/mol. The lowest BCUT2D eigenvalue weighted by molar-refractivity contribution is 0.0992. The van der Waals surface area contributed by atoms with Crippen molar-refractivity contribution in [2.45, 2.75) is 13.3 Å². The first kappa shape index (κ1) is 15.4. The van der Waals surface area contributed by atoms with Gasteiger partial charge in [0.1, 0.15) is 0 Å². The topological polar surface area (TPSA) is 30.0 Å². The summed E-state index contributed by atoms with van der Waals surface area (Å²) in [6.07, 6.45) is 2.18. The van der Waals surface area contributed by atoms with Crippen molar-refractivity contribution in [2.24, 2.45) is 0 Å². The van der Waals surface area contributed by atoms with E-state index in [1.165, 1.54) is 0 Å². The number of Topliss-reactive ketones (excluding diaryl/α,β-unsaturated/α-hetero) is 1. The first-order chi connectivity index (χ1) is 9.75. The van der Waals surface area contributed by atoms with E-state index in [1.54, 1.807) is 6.20 Å². The monoisotopic (exact) mass is 341 g/mol. The highest BCUT2D eigenvalue weighted by Crippen LogP contribution is 2.19. The number of rotatable bonds is 3. The summed E-state index contributed by atoms with van der Waals surface area (Å²) in [6, 6.07) is 17.6. The minimum atomic E-state index is 0. The van der Waals surface area contributed by atoms with Crippen LogP contribution in [0.25, 0.3) is 10.9 Å². The molecule has 0 amide bonds. The molecule has 0 saturated heterocycles. The van der Waals surface area contributed by atoms with Crippen molar-refractivity contribution in [1.82, 2.24) is 4.98 Å². The number of pyridine rings is 1. The molecule has 0 N–H and O–H groups in total. The molecule has 0 fully saturated rings. The first-order valence-corrected chi connectivity index (χ1v) is 6.67. The Labute approximate surface area is 134 Å². The number of para-hydroxylation sites is 1. The highest BCUT2D eigenvalue weighted by molar-refractivity contribution is 8.93. The second kappa shape index (κ2) is 6.64. The van der Waals surface area contributed by atoms with Crippen LogP contribution in [0.1, 0.15) is 21.5 Å². The van der Waals surface area contributed by atoms with Crippen molar-refractivity contribution >= 4 is 33.7 Å². The molecule has 1 heterocycles. The van der Waals surface area contributed by atoms with Crippen LogP contribution in [-0.4, -0.2) is 10.8 Å². The summed E-state index contributed by atoms with van der Waals surface area (Å²) >= 11 is 0. The van der Waals surface area contributed by atoms with E-state index in [-0.39, 0.29) is 22.8 Å². The molecule has 0 saturated carbocycles. The number of nitrogens with zero attached hydrogens (tertiary/aromatic N) is 1. The van der Waals surface area contributed by atoms with E-state index in [2.05, 4.69) is 4.98 Å². The molecular formula is C18H16BrNO. The lowest BCUT2D eigenvalue weighted by atomic mass is 9.97. The normalized spacial score (nSPS) is 10.1. The molecule has 21 heavy (non-hydrogen) atoms. The Kier molecular flexibility index (Phi) is 4.86. The van der Waals surface area contributed by atoms with Gasteiger partial charge in [0.2, 0.25) is 0 Å². The third-order valence-electron chi connectivity index (χ3n) is 3.54. The van der Waals surface area contributed by atoms with Crippen molar-refractivity contribution < 1.29 is 4.79 Å². The van der Waals surface area contributed by atoms with Crippen LogP contribution in [0.5, 0.6) is 0 Å². The summed E-state index contributed by atoms with van der Waals surface area (Å²) in [5.41, 5.74) is 3.79. The van der Waals surface area contributed by atoms with Crippen LogP contribution in [0.3, 0.4) is 0 Å². The minimum absolute atomic E-state index is 0. The van der Waals surface area contributed by atoms with Gasteiger partial charge in [-0.2, -0.15) is 0 Å². The second-order valence-corrected chi connectivity index (χ2v) is 4.90. The molecule has 0 atom stereocenters. The minimum Gasteiger partial charge on any atom is -0.294 e. The molecule has 0 aliphatic rings. The fraction of sp³-hybridized carbons (Fsp3) is 0.111. The van der Waals surface area contributed by atoms with Crippen LogP contribution in [-0.2, 0) is 6.42 Å². The van der Waals surface area contributed by atoms with Crippen LogP contribution < -0.4 is 0 Å². The SMILES string of the molecule is Br.Cc1ccccc1C(=O)Cc1ccnc2ccccc12. The smallest absolute Gasteiger partial charge is 0.167 e. The Morgan fingerprint density at radius 1 is 1.00 bits per heavy atom. The van der Waals surface area contributed by atoms with Crippen LogP contribution in [0, 0.1) is 6.92 Å². The molecule has 0 spiro atoms. The van der Waals surface area contributed by atoms with Crippen molar-refractivity contribution in [3.8, 4) is 0 Å². The molecular weight excluding hydrogens is 326 g/mol. The van der Waals surface area contributed by atoms with Crippen molar-refractivity contribution in [2.75, 3.05) is 0 Å². The number of halogens is 1. The number of hydrogen-bond acceptors (Lipinski definition) is 2. The quantitative estimate of drug-likeness (QED) is 0.654. The van der Waals surface area contributed by atoms with Gasteiger partial charge in [0.05, 0.1) is 5.52 Å². The molecule has 3 heteroatoms. The molecule has 106 valence electrons. The Morgan fingerprint density at radius 3 is 2.52 bits per heavy atom. The van der Waals surface area contributed by atoms with Gasteiger partial charge in [-0.25, -0.2) is 0 Å². The summed E-state index contributed by atoms with van der Waals surface area (Å²) in [4.78, 5) is 16.8. The zero-order chi connectivity index (χ0) is 13.9. The van der Waals surface area contributed by atoms with Crippen molar-refractivity contribution in [1.29, 1.82) is 0 Å². The van der Waals surface area contributed by atoms with E-state index < -0.39 is 0 Å². The number of hydrogen-bond donors (Lipinski definition) is 0. The lowest BCUT2D eigenvalue weighted by Crippen LogP contribution is -2.06. The Balaban J connectivity index is 0.00000161. The van der Waals surface area contributed by atoms with Gasteiger partial charge in [0.25, 0.3) is 0 Å². The molecule has 0 bridgehead atoms. The zero-order valence-electron chi connectivity index (χ0n) is 11.7. The largest absolute Gasteiger partial charge is 0.294 e. The summed E-state index contributed by atoms with van der Waals surface area (Å²) in [5.74, 6) is 0.152. The first-order valence-electron chi connectivity index (χ1n) is 6.67. The number of carbonyl (C=O) groups is 1. The van der Waals surface area contributed by atoms with Crippen LogP contribution in [0.15, 0.2) is 60.8 Å². The molecule has 2 nitrogen and oxygen atoms in total. The molecule has 3 rings (SSSR count). The maximum Gasteiger partial charge on any atom is 0.167 e. The predicted molar refractivity (Wildman–Crippen MR) is 91.3 cm³/mol. The number of carbonyl (C=O) groups excluding carboxylic acids is 1. The fourth-order valence-corrected chi connectivity index (χ4v) is 2.46. The van der Waals surface area contributed by atoms with E-state index in [0.29, 0.717) is 6.42 Å². The summed E-state index contributed by atoms with van der Waals surface area (Å²) in [7, 11) is 0. The van der Waals surface area contributed by atoms with E-state index in [9.17, 15) is 4.79 Å². The van der Waals surface area contributed by atoms with Gasteiger partial charge in [-0.15, -0.1) is 17.0 Å². The fourth-order valence-electron chi connectivity index (χ4n) is 2.46. The third-order valence-corrected chi connectivity index (χ3v) is 3.54. The highest BCUT2D eigenvalue weighted by atomic mass is 79.9. The number of aryl methyl sites for hydroxylation is 1. The number of ketones is 1. The van der Waals surface area contributed by atoms with Crippen LogP contribution in [0.2, 0.25) is 0 Å². The van der Waals surface area contributed by atoms with Crippen molar-refractivity contribution in [3.05, 3.63) is 77.5 Å². The van der Waals surface area contributed by atoms with Gasteiger partial charge >= 0.3 is 0 Å². The van der Waals surface area contributed by atoms with E-state index >= 15 is 0 Å². The standard InChI is InChI=1S/C18H15NO.BrH/c1-13-6-2-3-7-15(13)18(20)12-14-10-11-19-17-9-5-4-8-16(14)17;/h2-11H,12H2,1H3;1H. The number of fused-ring (bicyclic) bond motifs is 1. The van der Waals surface area contributed by atoms with Crippen molar-refractivity contribution in [3.63, 3.8) is 0 Å². The van der Waals surface area contributed by atoms with Crippen LogP contribution in [0.4, 0.5) is 0 Å². The Bertz CT molecular complexity index is 778. The maximum absolute atomic E-state index is 12.5. The van der Waals surface area contributed by atoms with Gasteiger partial charge in [-0.05, 0) is 30.2 Å². The molecule has 2 aromatic carbocycles. The summed E-state index contributed by atoms with van der Waals surface area (Å²) < 4.78 is 0. The van der Waals surface area contributed by atoms with E-state index in [4.69, 9.17) is 0 Å². The molecule has 1 aromatic heterocycles. The van der Waals surface area contributed by atoms with Gasteiger partial charge in [0, 0.05) is 23.6 Å².